The fourth-order valence-corrected chi connectivity index (χ4v) is 4.84. The van der Waals surface area contributed by atoms with Gasteiger partial charge in [0.15, 0.2) is 17.2 Å². The minimum atomic E-state index is -0.882. The average molecular weight is 324 g/mol. The summed E-state index contributed by atoms with van der Waals surface area (Å²) in [5, 5.41) is 0. The molecule has 1 saturated carbocycles. The normalized spacial score (nSPS) is 44.9. The Kier molecular flexibility index (Phi) is 4.00. The number of rotatable bonds is 4. The molecule has 1 aliphatic heterocycles. The van der Waals surface area contributed by atoms with Crippen LogP contribution in [0.5, 0.6) is 0 Å². The van der Waals surface area contributed by atoms with Crippen LogP contribution in [0.25, 0.3) is 0 Å². The molecule has 23 heavy (non-hydrogen) atoms. The van der Waals surface area contributed by atoms with Crippen molar-refractivity contribution in [3.8, 4) is 0 Å². The molecule has 0 spiro atoms. The van der Waals surface area contributed by atoms with E-state index in [0.29, 0.717) is 6.61 Å². The van der Waals surface area contributed by atoms with E-state index >= 15 is 0 Å². The lowest BCUT2D eigenvalue weighted by molar-refractivity contribution is -0.178. The molecule has 0 N–H and O–H groups in total. The molecule has 1 heterocycles. The van der Waals surface area contributed by atoms with Crippen LogP contribution < -0.4 is 0 Å². The second kappa shape index (κ2) is 5.38. The molecule has 5 atom stereocenters. The van der Waals surface area contributed by atoms with Gasteiger partial charge in [-0.25, -0.2) is 0 Å². The summed E-state index contributed by atoms with van der Waals surface area (Å²) in [5.41, 5.74) is -0.137. The summed E-state index contributed by atoms with van der Waals surface area (Å²) in [4.78, 5) is 13.5. The summed E-state index contributed by atoms with van der Waals surface area (Å²) in [5.74, 6) is -0.359. The summed E-state index contributed by atoms with van der Waals surface area (Å²) in [6.45, 7) is 10.5. The molecule has 0 aromatic rings. The highest BCUT2D eigenvalue weighted by atomic mass is 16.8. The largest absolute Gasteiger partial charge is 0.359 e. The van der Waals surface area contributed by atoms with Gasteiger partial charge in [-0.2, -0.15) is 0 Å². The fraction of sp³-hybridized carbons (Fsp3) is 0.833. The molecule has 130 valence electrons. The van der Waals surface area contributed by atoms with Crippen LogP contribution in [0.2, 0.25) is 0 Å². The summed E-state index contributed by atoms with van der Waals surface area (Å²) in [6.07, 6.45) is 2.81. The number of hydrogen-bond acceptors (Lipinski definition) is 5. The van der Waals surface area contributed by atoms with Gasteiger partial charge < -0.3 is 18.9 Å². The summed E-state index contributed by atoms with van der Waals surface area (Å²) < 4.78 is 22.7. The topological polar surface area (TPSA) is 54.0 Å². The first-order chi connectivity index (χ1) is 10.6. The van der Waals surface area contributed by atoms with Gasteiger partial charge in [0.1, 0.15) is 6.79 Å². The Labute approximate surface area is 138 Å². The molecule has 1 saturated heterocycles. The van der Waals surface area contributed by atoms with Gasteiger partial charge in [0.25, 0.3) is 0 Å². The Morgan fingerprint density at radius 1 is 1.30 bits per heavy atom. The van der Waals surface area contributed by atoms with Crippen molar-refractivity contribution in [1.82, 2.24) is 0 Å². The molecule has 2 aliphatic carbocycles. The Morgan fingerprint density at radius 3 is 2.65 bits per heavy atom. The van der Waals surface area contributed by atoms with Crippen LogP contribution in [0.15, 0.2) is 11.6 Å². The van der Waals surface area contributed by atoms with Gasteiger partial charge in [0.2, 0.25) is 0 Å². The standard InChI is InChI=1S/C18H28O5/c1-11-7-12(9-21-10-20-6)17(4)13(11)8-14-18(5,15(17)19)23-16(2,3)22-14/h7,12-14H,8-10H2,1-6H3/t12-,13?,14-,17-,18-/m1/s1. The molecule has 3 rings (SSSR count). The second-order valence-electron chi connectivity index (χ2n) is 7.91. The SMILES string of the molecule is COCOC[C@H]1C=C(C)C2C[C@H]3OC(C)(C)O[C@@]3(C)C(=O)[C@@]21C. The number of ketones is 1. The molecular formula is C18H28O5. The Balaban J connectivity index is 1.91. The van der Waals surface area contributed by atoms with E-state index in [1.807, 2.05) is 20.8 Å². The molecule has 5 heteroatoms. The predicted molar refractivity (Wildman–Crippen MR) is 84.7 cm³/mol. The van der Waals surface area contributed by atoms with E-state index in [0.717, 1.165) is 6.42 Å². The minimum absolute atomic E-state index is 0.0419. The molecule has 0 amide bonds. The zero-order chi connectivity index (χ0) is 17.0. The molecule has 0 radical (unpaired) electrons. The maximum atomic E-state index is 13.5. The molecule has 0 aromatic heterocycles. The number of carbonyl (C=O) groups excluding carboxylic acids is 1. The number of ether oxygens (including phenoxy) is 4. The Bertz CT molecular complexity index is 540. The van der Waals surface area contributed by atoms with Crippen molar-refractivity contribution in [1.29, 1.82) is 0 Å². The van der Waals surface area contributed by atoms with Crippen LogP contribution in [0.3, 0.4) is 0 Å². The van der Waals surface area contributed by atoms with E-state index in [1.165, 1.54) is 5.57 Å². The van der Waals surface area contributed by atoms with Crippen molar-refractivity contribution in [2.45, 2.75) is 58.5 Å². The van der Waals surface area contributed by atoms with Crippen molar-refractivity contribution >= 4 is 5.78 Å². The maximum Gasteiger partial charge on any atom is 0.174 e. The van der Waals surface area contributed by atoms with Crippen LogP contribution in [-0.2, 0) is 23.7 Å². The first-order valence-corrected chi connectivity index (χ1v) is 8.33. The minimum Gasteiger partial charge on any atom is -0.359 e. The van der Waals surface area contributed by atoms with Gasteiger partial charge in [-0.3, -0.25) is 4.79 Å². The van der Waals surface area contributed by atoms with Gasteiger partial charge in [0, 0.05) is 18.4 Å². The van der Waals surface area contributed by atoms with E-state index in [9.17, 15) is 4.79 Å². The highest BCUT2D eigenvalue weighted by molar-refractivity contribution is 5.95. The first kappa shape index (κ1) is 17.1. The number of methoxy groups -OCH3 is 1. The van der Waals surface area contributed by atoms with Crippen molar-refractivity contribution < 1.29 is 23.7 Å². The van der Waals surface area contributed by atoms with Crippen LogP contribution in [0.1, 0.15) is 41.0 Å². The zero-order valence-corrected chi connectivity index (χ0v) is 15.0. The smallest absolute Gasteiger partial charge is 0.174 e. The lowest BCUT2D eigenvalue weighted by Gasteiger charge is -2.47. The zero-order valence-electron chi connectivity index (χ0n) is 15.0. The molecule has 5 nitrogen and oxygen atoms in total. The van der Waals surface area contributed by atoms with Crippen molar-refractivity contribution in [3.05, 3.63) is 11.6 Å². The van der Waals surface area contributed by atoms with Crippen LogP contribution in [-0.4, -0.2) is 43.8 Å². The number of carbonyl (C=O) groups is 1. The summed E-state index contributed by atoms with van der Waals surface area (Å²) >= 11 is 0. The van der Waals surface area contributed by atoms with Crippen molar-refractivity contribution in [2.75, 3.05) is 20.5 Å². The number of allylic oxidation sites excluding steroid dienone is 1. The number of hydrogen-bond donors (Lipinski definition) is 0. The third-order valence-electron chi connectivity index (χ3n) is 5.89. The van der Waals surface area contributed by atoms with E-state index in [-0.39, 0.29) is 30.5 Å². The third kappa shape index (κ3) is 2.40. The highest BCUT2D eigenvalue weighted by Gasteiger charge is 2.67. The highest BCUT2D eigenvalue weighted by Crippen LogP contribution is 2.59. The van der Waals surface area contributed by atoms with E-state index in [2.05, 4.69) is 19.9 Å². The quantitative estimate of drug-likeness (QED) is 0.452. The fourth-order valence-electron chi connectivity index (χ4n) is 4.84. The van der Waals surface area contributed by atoms with E-state index < -0.39 is 16.8 Å². The first-order valence-electron chi connectivity index (χ1n) is 8.33. The van der Waals surface area contributed by atoms with Gasteiger partial charge in [-0.15, -0.1) is 0 Å². The third-order valence-corrected chi connectivity index (χ3v) is 5.89. The van der Waals surface area contributed by atoms with Crippen LogP contribution >= 0.6 is 0 Å². The van der Waals surface area contributed by atoms with E-state index in [1.54, 1.807) is 7.11 Å². The Hall–Kier alpha value is -0.750. The molecular weight excluding hydrogens is 296 g/mol. The predicted octanol–water partition coefficient (Wildman–Crippen LogP) is 2.69. The van der Waals surface area contributed by atoms with Crippen LogP contribution in [0.4, 0.5) is 0 Å². The van der Waals surface area contributed by atoms with Gasteiger partial charge in [-0.1, -0.05) is 18.6 Å². The van der Waals surface area contributed by atoms with Crippen molar-refractivity contribution in [2.24, 2.45) is 17.3 Å². The van der Waals surface area contributed by atoms with E-state index in [4.69, 9.17) is 18.9 Å². The molecule has 3 aliphatic rings. The average Bonchev–Trinajstić information content (AvgIpc) is 2.84. The number of fused-ring (bicyclic) bond motifs is 2. The summed E-state index contributed by atoms with van der Waals surface area (Å²) in [7, 11) is 1.60. The molecule has 0 aromatic carbocycles. The second-order valence-corrected chi connectivity index (χ2v) is 7.91. The molecule has 1 unspecified atom stereocenters. The Morgan fingerprint density at radius 2 is 2.00 bits per heavy atom. The molecule has 2 fully saturated rings. The molecule has 0 bridgehead atoms. The lowest BCUT2D eigenvalue weighted by Crippen LogP contribution is -2.60. The van der Waals surface area contributed by atoms with Gasteiger partial charge in [0.05, 0.1) is 12.7 Å². The van der Waals surface area contributed by atoms with Gasteiger partial charge in [-0.05, 0) is 40.0 Å². The van der Waals surface area contributed by atoms with Gasteiger partial charge >= 0.3 is 0 Å². The monoisotopic (exact) mass is 324 g/mol. The number of Topliss-reactive ketones (excluding diaryl/α,β-unsaturated/α-hetero) is 1. The van der Waals surface area contributed by atoms with Crippen LogP contribution in [0, 0.1) is 17.3 Å². The summed E-state index contributed by atoms with van der Waals surface area (Å²) in [6, 6.07) is 0. The van der Waals surface area contributed by atoms with Crippen molar-refractivity contribution in [3.63, 3.8) is 0 Å². The maximum absolute atomic E-state index is 13.5. The lowest BCUT2D eigenvalue weighted by atomic mass is 9.58.